The largest absolute Gasteiger partial charge is 0.376 e. The summed E-state index contributed by atoms with van der Waals surface area (Å²) in [7, 11) is 1.90. The van der Waals surface area contributed by atoms with Crippen LogP contribution in [0.1, 0.15) is 11.4 Å². The van der Waals surface area contributed by atoms with E-state index in [0.717, 1.165) is 35.5 Å². The van der Waals surface area contributed by atoms with Gasteiger partial charge in [0.2, 0.25) is 0 Å². The molecule has 1 aromatic carbocycles. The summed E-state index contributed by atoms with van der Waals surface area (Å²) in [6, 6.07) is 10.4. The minimum atomic E-state index is 0.0400. The number of rotatable bonds is 6. The number of hydrogen-bond donors (Lipinski definition) is 1. The predicted molar refractivity (Wildman–Crippen MR) is 99.2 cm³/mol. The highest BCUT2D eigenvalue weighted by Crippen LogP contribution is 2.20. The monoisotopic (exact) mass is 353 g/mol. The Morgan fingerprint density at radius 1 is 1.15 bits per heavy atom. The third-order valence-electron chi connectivity index (χ3n) is 4.50. The minimum absolute atomic E-state index is 0.0400. The van der Waals surface area contributed by atoms with E-state index in [-0.39, 0.29) is 6.10 Å². The smallest absolute Gasteiger partial charge is 0.163 e. The van der Waals surface area contributed by atoms with Gasteiger partial charge in [-0.2, -0.15) is 5.10 Å². The van der Waals surface area contributed by atoms with Gasteiger partial charge in [0.1, 0.15) is 11.6 Å². The number of nitrogens with zero attached hydrogens (tertiary/aromatic N) is 4. The van der Waals surface area contributed by atoms with E-state index in [1.165, 1.54) is 5.56 Å². The number of hydrogen-bond acceptors (Lipinski definition) is 6. The molecule has 1 aliphatic rings. The number of aromatic nitrogens is 4. The molecule has 0 bridgehead atoms. The van der Waals surface area contributed by atoms with E-state index in [2.05, 4.69) is 34.7 Å². The Kier molecular flexibility index (Phi) is 5.08. The lowest BCUT2D eigenvalue weighted by Gasteiger charge is -2.23. The maximum atomic E-state index is 5.70. The summed E-state index contributed by atoms with van der Waals surface area (Å²) in [5, 5.41) is 8.65. The molecule has 1 fully saturated rings. The van der Waals surface area contributed by atoms with Crippen molar-refractivity contribution in [3.05, 3.63) is 47.9 Å². The lowest BCUT2D eigenvalue weighted by Crippen LogP contribution is -2.34. The zero-order valence-electron chi connectivity index (χ0n) is 14.9. The van der Waals surface area contributed by atoms with Crippen LogP contribution in [0.2, 0.25) is 0 Å². The summed E-state index contributed by atoms with van der Waals surface area (Å²) in [6.45, 7) is 2.56. The van der Waals surface area contributed by atoms with Crippen molar-refractivity contribution in [2.24, 2.45) is 7.05 Å². The van der Waals surface area contributed by atoms with Gasteiger partial charge in [0, 0.05) is 20.0 Å². The number of ether oxygens (including phenoxy) is 2. The molecular weight excluding hydrogens is 330 g/mol. The molecule has 0 radical (unpaired) electrons. The third kappa shape index (κ3) is 3.84. The van der Waals surface area contributed by atoms with Gasteiger partial charge in [0.15, 0.2) is 5.65 Å². The van der Waals surface area contributed by atoms with E-state index in [9.17, 15) is 0 Å². The summed E-state index contributed by atoms with van der Waals surface area (Å²) in [6.07, 6.45) is 3.53. The molecule has 7 heteroatoms. The Hall–Kier alpha value is -2.51. The molecule has 0 amide bonds. The maximum Gasteiger partial charge on any atom is 0.163 e. The fourth-order valence-corrected chi connectivity index (χ4v) is 3.08. The lowest BCUT2D eigenvalue weighted by atomic mass is 10.1. The Morgan fingerprint density at radius 3 is 2.85 bits per heavy atom. The Morgan fingerprint density at radius 2 is 2.04 bits per heavy atom. The molecular formula is C19H23N5O2. The first-order valence-electron chi connectivity index (χ1n) is 8.95. The van der Waals surface area contributed by atoms with Gasteiger partial charge >= 0.3 is 0 Å². The second-order valence-corrected chi connectivity index (χ2v) is 6.43. The molecule has 0 aliphatic carbocycles. The molecule has 7 nitrogen and oxygen atoms in total. The SMILES string of the molecule is Cn1ncc2c(NC[C@@H]3COCCO3)nc(CCc3ccccc3)nc21. The van der Waals surface area contributed by atoms with E-state index in [1.807, 2.05) is 13.1 Å². The fourth-order valence-electron chi connectivity index (χ4n) is 3.08. The van der Waals surface area contributed by atoms with Crippen molar-refractivity contribution in [3.8, 4) is 0 Å². The first-order valence-corrected chi connectivity index (χ1v) is 8.95. The molecule has 1 aliphatic heterocycles. The van der Waals surface area contributed by atoms with E-state index < -0.39 is 0 Å². The number of fused-ring (bicyclic) bond motifs is 1. The third-order valence-corrected chi connectivity index (χ3v) is 4.50. The van der Waals surface area contributed by atoms with Gasteiger partial charge in [-0.1, -0.05) is 30.3 Å². The zero-order chi connectivity index (χ0) is 17.8. The topological polar surface area (TPSA) is 74.1 Å². The summed E-state index contributed by atoms with van der Waals surface area (Å²) >= 11 is 0. The molecule has 26 heavy (non-hydrogen) atoms. The van der Waals surface area contributed by atoms with Crippen molar-refractivity contribution in [3.63, 3.8) is 0 Å². The van der Waals surface area contributed by atoms with Crippen LogP contribution in [-0.2, 0) is 29.4 Å². The highest BCUT2D eigenvalue weighted by Gasteiger charge is 2.16. The van der Waals surface area contributed by atoms with Crippen molar-refractivity contribution in [1.29, 1.82) is 0 Å². The average Bonchev–Trinajstić information content (AvgIpc) is 3.07. The van der Waals surface area contributed by atoms with Gasteiger partial charge in [-0.05, 0) is 12.0 Å². The first-order chi connectivity index (χ1) is 12.8. The number of nitrogens with one attached hydrogen (secondary N) is 1. The van der Waals surface area contributed by atoms with Gasteiger partial charge in [-0.15, -0.1) is 0 Å². The molecule has 0 unspecified atom stereocenters. The van der Waals surface area contributed by atoms with Crippen LogP contribution >= 0.6 is 0 Å². The molecule has 1 atom stereocenters. The van der Waals surface area contributed by atoms with Gasteiger partial charge in [-0.3, -0.25) is 4.68 Å². The van der Waals surface area contributed by atoms with Crippen LogP contribution in [0.5, 0.6) is 0 Å². The van der Waals surface area contributed by atoms with Crippen molar-refractivity contribution < 1.29 is 9.47 Å². The van der Waals surface area contributed by atoms with Gasteiger partial charge < -0.3 is 14.8 Å². The first kappa shape index (κ1) is 16.9. The van der Waals surface area contributed by atoms with Crippen molar-refractivity contribution in [1.82, 2.24) is 19.7 Å². The lowest BCUT2D eigenvalue weighted by molar-refractivity contribution is -0.0819. The van der Waals surface area contributed by atoms with E-state index >= 15 is 0 Å². The van der Waals surface area contributed by atoms with Crippen LogP contribution in [0.4, 0.5) is 5.82 Å². The quantitative estimate of drug-likeness (QED) is 0.730. The van der Waals surface area contributed by atoms with Crippen molar-refractivity contribution >= 4 is 16.9 Å². The fraction of sp³-hybridized carbons (Fsp3) is 0.421. The van der Waals surface area contributed by atoms with E-state index in [1.54, 1.807) is 10.9 Å². The number of anilines is 1. The summed E-state index contributed by atoms with van der Waals surface area (Å²) in [4.78, 5) is 9.44. The van der Waals surface area contributed by atoms with Crippen LogP contribution in [0.3, 0.4) is 0 Å². The minimum Gasteiger partial charge on any atom is -0.376 e. The molecule has 0 saturated carbocycles. The normalized spacial score (nSPS) is 17.5. The van der Waals surface area contributed by atoms with Crippen LogP contribution < -0.4 is 5.32 Å². The molecule has 3 heterocycles. The van der Waals surface area contributed by atoms with Gasteiger partial charge in [0.25, 0.3) is 0 Å². The molecule has 2 aromatic heterocycles. The summed E-state index contributed by atoms with van der Waals surface area (Å²) in [5.74, 6) is 1.62. The van der Waals surface area contributed by atoms with E-state index in [0.29, 0.717) is 26.4 Å². The molecule has 0 spiro atoms. The van der Waals surface area contributed by atoms with Crippen molar-refractivity contribution in [2.45, 2.75) is 18.9 Å². The van der Waals surface area contributed by atoms with Crippen LogP contribution in [0.25, 0.3) is 11.0 Å². The average molecular weight is 353 g/mol. The van der Waals surface area contributed by atoms with Gasteiger partial charge in [-0.25, -0.2) is 9.97 Å². The molecule has 1 saturated heterocycles. The van der Waals surface area contributed by atoms with Crippen LogP contribution in [-0.4, -0.2) is 52.2 Å². The molecule has 136 valence electrons. The Labute approximate surface area is 152 Å². The van der Waals surface area contributed by atoms with Gasteiger partial charge in [0.05, 0.1) is 37.5 Å². The molecule has 3 aromatic rings. The van der Waals surface area contributed by atoms with Crippen molar-refractivity contribution in [2.75, 3.05) is 31.7 Å². The standard InChI is InChI=1S/C19H23N5O2/c1-24-19-16(12-21-24)18(20-11-15-13-25-9-10-26-15)22-17(23-19)8-7-14-5-3-2-4-6-14/h2-6,12,15H,7-11,13H2,1H3,(H,20,22,23)/t15-/m1/s1. The second kappa shape index (κ2) is 7.80. The second-order valence-electron chi connectivity index (χ2n) is 6.43. The molecule has 1 N–H and O–H groups in total. The Bertz CT molecular complexity index is 859. The van der Waals surface area contributed by atoms with E-state index in [4.69, 9.17) is 19.4 Å². The number of aryl methyl sites for hydroxylation is 3. The number of benzene rings is 1. The van der Waals surface area contributed by atoms with Crippen LogP contribution in [0, 0.1) is 0 Å². The van der Waals surface area contributed by atoms with Crippen LogP contribution in [0.15, 0.2) is 36.5 Å². The predicted octanol–water partition coefficient (Wildman–Crippen LogP) is 1.98. The summed E-state index contributed by atoms with van der Waals surface area (Å²) in [5.41, 5.74) is 2.12. The highest BCUT2D eigenvalue weighted by atomic mass is 16.6. The Balaban J connectivity index is 1.52. The maximum absolute atomic E-state index is 5.70. The summed E-state index contributed by atoms with van der Waals surface area (Å²) < 4.78 is 12.9. The zero-order valence-corrected chi connectivity index (χ0v) is 14.9. The highest BCUT2D eigenvalue weighted by molar-refractivity contribution is 5.86. The molecule has 4 rings (SSSR count).